The minimum Gasteiger partial charge on any atom is -0.444 e. The molecule has 1 aliphatic carbocycles. The standard InChI is InChI=1S/C17H28FN3O3/c1-16(2,3)24-15(23)20(4)11-13-10-14(22)21(19-13)12-17(18)8-6-5-7-9-17/h10,19H,5-9,11-12H2,1-4H3. The van der Waals surface area contributed by atoms with E-state index in [-0.39, 0.29) is 18.6 Å². The van der Waals surface area contributed by atoms with Crippen LogP contribution in [0.3, 0.4) is 0 Å². The van der Waals surface area contributed by atoms with E-state index in [2.05, 4.69) is 5.10 Å². The third-order valence-corrected chi connectivity index (χ3v) is 4.15. The minimum atomic E-state index is -1.32. The molecule has 0 spiro atoms. The highest BCUT2D eigenvalue weighted by Gasteiger charge is 2.33. The molecule has 24 heavy (non-hydrogen) atoms. The molecule has 1 aromatic heterocycles. The first-order valence-electron chi connectivity index (χ1n) is 8.50. The first-order valence-corrected chi connectivity index (χ1v) is 8.50. The van der Waals surface area contributed by atoms with Crippen LogP contribution in [0.1, 0.15) is 58.6 Å². The van der Waals surface area contributed by atoms with Gasteiger partial charge in [0.2, 0.25) is 0 Å². The molecule has 1 N–H and O–H groups in total. The Balaban J connectivity index is 2.00. The summed E-state index contributed by atoms with van der Waals surface area (Å²) < 4.78 is 21.3. The number of nitrogens with one attached hydrogen (secondary N) is 1. The predicted molar refractivity (Wildman–Crippen MR) is 89.7 cm³/mol. The number of aromatic nitrogens is 2. The van der Waals surface area contributed by atoms with Crippen LogP contribution in [-0.4, -0.2) is 39.1 Å². The van der Waals surface area contributed by atoms with E-state index in [0.717, 1.165) is 19.3 Å². The molecule has 0 aromatic carbocycles. The molecule has 0 saturated heterocycles. The zero-order chi connectivity index (χ0) is 18.0. The van der Waals surface area contributed by atoms with E-state index in [9.17, 15) is 14.0 Å². The molecule has 7 heteroatoms. The van der Waals surface area contributed by atoms with E-state index in [1.807, 2.05) is 0 Å². The summed E-state index contributed by atoms with van der Waals surface area (Å²) in [6.45, 7) is 5.63. The maximum atomic E-state index is 14.8. The number of carbonyl (C=O) groups is 1. The maximum Gasteiger partial charge on any atom is 0.410 e. The number of nitrogens with zero attached hydrogens (tertiary/aromatic N) is 2. The first kappa shape index (κ1) is 18.5. The molecule has 0 bridgehead atoms. The summed E-state index contributed by atoms with van der Waals surface area (Å²) in [7, 11) is 1.60. The lowest BCUT2D eigenvalue weighted by molar-refractivity contribution is 0.0282. The molecule has 2 rings (SSSR count). The van der Waals surface area contributed by atoms with E-state index in [0.29, 0.717) is 18.5 Å². The van der Waals surface area contributed by atoms with Crippen LogP contribution in [0.5, 0.6) is 0 Å². The number of amides is 1. The van der Waals surface area contributed by atoms with Crippen molar-refractivity contribution < 1.29 is 13.9 Å². The van der Waals surface area contributed by atoms with E-state index in [4.69, 9.17) is 4.74 Å². The molecular formula is C17H28FN3O3. The third-order valence-electron chi connectivity index (χ3n) is 4.15. The third kappa shape index (κ3) is 5.11. The van der Waals surface area contributed by atoms with Crippen LogP contribution in [0.2, 0.25) is 0 Å². The highest BCUT2D eigenvalue weighted by Crippen LogP contribution is 2.32. The Bertz CT molecular complexity index is 624. The normalized spacial score (nSPS) is 17.5. The van der Waals surface area contributed by atoms with Crippen LogP contribution in [0, 0.1) is 0 Å². The van der Waals surface area contributed by atoms with Crippen LogP contribution >= 0.6 is 0 Å². The van der Waals surface area contributed by atoms with Crippen LogP contribution in [0.15, 0.2) is 10.9 Å². The summed E-state index contributed by atoms with van der Waals surface area (Å²) in [5.41, 5.74) is -1.61. The van der Waals surface area contributed by atoms with Gasteiger partial charge in [-0.05, 0) is 33.6 Å². The van der Waals surface area contributed by atoms with Crippen molar-refractivity contribution in [3.63, 3.8) is 0 Å². The maximum absolute atomic E-state index is 14.8. The van der Waals surface area contributed by atoms with Crippen molar-refractivity contribution in [1.29, 1.82) is 0 Å². The van der Waals surface area contributed by atoms with Gasteiger partial charge in [-0.3, -0.25) is 9.89 Å². The average molecular weight is 341 g/mol. The number of H-pyrrole nitrogens is 1. The largest absolute Gasteiger partial charge is 0.444 e. The van der Waals surface area contributed by atoms with Crippen molar-refractivity contribution in [2.75, 3.05) is 7.05 Å². The van der Waals surface area contributed by atoms with Gasteiger partial charge in [0.15, 0.2) is 0 Å². The Morgan fingerprint density at radius 2 is 2.00 bits per heavy atom. The van der Waals surface area contributed by atoms with Gasteiger partial charge in [0, 0.05) is 13.1 Å². The zero-order valence-electron chi connectivity index (χ0n) is 15.0. The van der Waals surface area contributed by atoms with Crippen LogP contribution < -0.4 is 5.56 Å². The summed E-state index contributed by atoms with van der Waals surface area (Å²) in [6.07, 6.45) is 3.29. The number of carbonyl (C=O) groups excluding carboxylic acids is 1. The fraction of sp³-hybridized carbons (Fsp3) is 0.765. The van der Waals surface area contributed by atoms with Crippen molar-refractivity contribution in [3.8, 4) is 0 Å². The molecule has 136 valence electrons. The summed E-state index contributed by atoms with van der Waals surface area (Å²) in [5, 5.41) is 2.92. The SMILES string of the molecule is CN(Cc1cc(=O)n(CC2(F)CCCCC2)[nH]1)C(=O)OC(C)(C)C. The van der Waals surface area contributed by atoms with E-state index in [1.54, 1.807) is 27.8 Å². The van der Waals surface area contributed by atoms with Crippen molar-refractivity contribution in [2.45, 2.75) is 77.2 Å². The quantitative estimate of drug-likeness (QED) is 0.914. The Labute approximate surface area is 142 Å². The Morgan fingerprint density at radius 3 is 2.58 bits per heavy atom. The highest BCUT2D eigenvalue weighted by molar-refractivity contribution is 5.67. The van der Waals surface area contributed by atoms with Gasteiger partial charge in [-0.1, -0.05) is 19.3 Å². The van der Waals surface area contributed by atoms with Gasteiger partial charge >= 0.3 is 6.09 Å². The fourth-order valence-corrected chi connectivity index (χ4v) is 2.97. The second-order valence-electron chi connectivity index (χ2n) is 7.75. The van der Waals surface area contributed by atoms with Gasteiger partial charge in [0.1, 0.15) is 11.3 Å². The minimum absolute atomic E-state index is 0.0436. The van der Waals surface area contributed by atoms with Gasteiger partial charge in [0.05, 0.1) is 18.8 Å². The molecule has 1 aliphatic rings. The monoisotopic (exact) mass is 341 g/mol. The van der Waals surface area contributed by atoms with Crippen LogP contribution in [0.4, 0.5) is 9.18 Å². The molecule has 0 unspecified atom stereocenters. The first-order chi connectivity index (χ1) is 11.1. The molecular weight excluding hydrogens is 313 g/mol. The lowest BCUT2D eigenvalue weighted by Crippen LogP contribution is -2.35. The van der Waals surface area contributed by atoms with Crippen molar-refractivity contribution in [3.05, 3.63) is 22.1 Å². The molecule has 1 fully saturated rings. The number of aromatic amines is 1. The topological polar surface area (TPSA) is 67.3 Å². The summed E-state index contributed by atoms with van der Waals surface area (Å²) >= 11 is 0. The van der Waals surface area contributed by atoms with E-state index < -0.39 is 17.4 Å². The average Bonchev–Trinajstić information content (AvgIpc) is 2.76. The molecule has 6 nitrogen and oxygen atoms in total. The smallest absolute Gasteiger partial charge is 0.410 e. The van der Waals surface area contributed by atoms with Gasteiger partial charge < -0.3 is 9.64 Å². The Morgan fingerprint density at radius 1 is 1.38 bits per heavy atom. The van der Waals surface area contributed by atoms with Crippen molar-refractivity contribution >= 4 is 6.09 Å². The number of ether oxygens (including phenoxy) is 1. The molecule has 1 heterocycles. The van der Waals surface area contributed by atoms with Gasteiger partial charge in [0.25, 0.3) is 5.56 Å². The van der Waals surface area contributed by atoms with Crippen molar-refractivity contribution in [2.24, 2.45) is 0 Å². The second kappa shape index (κ2) is 6.99. The Kier molecular flexibility index (Phi) is 5.40. The van der Waals surface area contributed by atoms with Crippen LogP contribution in [-0.2, 0) is 17.8 Å². The number of alkyl halides is 1. The summed E-state index contributed by atoms with van der Waals surface area (Å²) in [6, 6.07) is 1.41. The van der Waals surface area contributed by atoms with Gasteiger partial charge in [-0.15, -0.1) is 0 Å². The van der Waals surface area contributed by atoms with E-state index >= 15 is 0 Å². The molecule has 1 amide bonds. The van der Waals surface area contributed by atoms with E-state index in [1.165, 1.54) is 15.6 Å². The zero-order valence-corrected chi connectivity index (χ0v) is 15.0. The number of rotatable bonds is 4. The lowest BCUT2D eigenvalue weighted by atomic mass is 9.86. The molecule has 1 aromatic rings. The molecule has 0 radical (unpaired) electrons. The molecule has 1 saturated carbocycles. The van der Waals surface area contributed by atoms with Crippen molar-refractivity contribution in [1.82, 2.24) is 14.7 Å². The number of halogens is 1. The summed E-state index contributed by atoms with van der Waals surface area (Å²) in [5.74, 6) is 0. The highest BCUT2D eigenvalue weighted by atomic mass is 19.1. The van der Waals surface area contributed by atoms with Crippen LogP contribution in [0.25, 0.3) is 0 Å². The predicted octanol–water partition coefficient (Wildman–Crippen LogP) is 3.22. The van der Waals surface area contributed by atoms with Gasteiger partial charge in [-0.2, -0.15) is 0 Å². The molecule has 0 aliphatic heterocycles. The summed E-state index contributed by atoms with van der Waals surface area (Å²) in [4.78, 5) is 25.4. The lowest BCUT2D eigenvalue weighted by Gasteiger charge is -2.29. The van der Waals surface area contributed by atoms with Gasteiger partial charge in [-0.25, -0.2) is 13.9 Å². The molecule has 0 atom stereocenters. The number of hydrogen-bond acceptors (Lipinski definition) is 3. The number of hydrogen-bond donors (Lipinski definition) is 1. The fourth-order valence-electron chi connectivity index (χ4n) is 2.97. The second-order valence-corrected chi connectivity index (χ2v) is 7.75. The Hall–Kier alpha value is -1.79.